The van der Waals surface area contributed by atoms with Gasteiger partial charge in [0, 0.05) is 43.7 Å². The fourth-order valence-corrected chi connectivity index (χ4v) is 6.16. The molecule has 11 heteroatoms. The molecule has 2 saturated heterocycles. The molecule has 1 aliphatic carbocycles. The molecular weight excluding hydrogens is 590 g/mol. The SMILES string of the molecule is C[C@H](NC(=O)[C@@H]1C[C@@H](F)CN1C(=O)CNC(=O)c1ccc2cc(F)ccc2n1)c1ccc(N2CCN(C)CC2)cc1/C=C/C1CC1. The van der Waals surface area contributed by atoms with Crippen LogP contribution in [0.3, 0.4) is 0 Å². The first kappa shape index (κ1) is 31.6. The van der Waals surface area contributed by atoms with Gasteiger partial charge in [0.05, 0.1) is 24.6 Å². The van der Waals surface area contributed by atoms with Crippen molar-refractivity contribution in [3.63, 3.8) is 0 Å². The Bertz CT molecular complexity index is 1650. The van der Waals surface area contributed by atoms with Crippen molar-refractivity contribution >= 4 is 40.4 Å². The molecule has 3 heterocycles. The smallest absolute Gasteiger partial charge is 0.270 e. The van der Waals surface area contributed by atoms with Crippen molar-refractivity contribution < 1.29 is 23.2 Å². The molecule has 3 aliphatic rings. The number of carbonyl (C=O) groups is 3. The van der Waals surface area contributed by atoms with Crippen LogP contribution in [-0.2, 0) is 9.59 Å². The van der Waals surface area contributed by atoms with E-state index in [-0.39, 0.29) is 24.7 Å². The van der Waals surface area contributed by atoms with Gasteiger partial charge in [0.15, 0.2) is 0 Å². The molecule has 46 heavy (non-hydrogen) atoms. The first-order chi connectivity index (χ1) is 22.1. The minimum Gasteiger partial charge on any atom is -0.369 e. The summed E-state index contributed by atoms with van der Waals surface area (Å²) in [4.78, 5) is 49.5. The largest absolute Gasteiger partial charge is 0.369 e. The number of carbonyl (C=O) groups excluding carboxylic acids is 3. The number of likely N-dealkylation sites (N-methyl/N-ethyl adjacent to an activating group) is 1. The molecule has 3 amide bonds. The second-order valence-electron chi connectivity index (χ2n) is 12.6. The number of fused-ring (bicyclic) bond motifs is 1. The van der Waals surface area contributed by atoms with E-state index in [0.29, 0.717) is 16.8 Å². The second-order valence-corrected chi connectivity index (χ2v) is 12.6. The molecule has 2 aromatic carbocycles. The fraction of sp³-hybridized carbons (Fsp3) is 0.429. The average molecular weight is 631 g/mol. The summed E-state index contributed by atoms with van der Waals surface area (Å²) in [7, 11) is 2.13. The highest BCUT2D eigenvalue weighted by molar-refractivity contribution is 5.97. The minimum atomic E-state index is -1.35. The Hall–Kier alpha value is -4.38. The molecular formula is C35H40F2N6O3. The third-order valence-corrected chi connectivity index (χ3v) is 9.09. The predicted octanol–water partition coefficient (Wildman–Crippen LogP) is 4.10. The molecule has 3 aromatic rings. The van der Waals surface area contributed by atoms with Crippen molar-refractivity contribution in [2.45, 2.75) is 44.4 Å². The van der Waals surface area contributed by atoms with Gasteiger partial charge in [-0.25, -0.2) is 13.8 Å². The van der Waals surface area contributed by atoms with Crippen molar-refractivity contribution in [1.29, 1.82) is 0 Å². The lowest BCUT2D eigenvalue weighted by Gasteiger charge is -2.34. The van der Waals surface area contributed by atoms with Crippen LogP contribution in [-0.4, -0.2) is 91.0 Å². The summed E-state index contributed by atoms with van der Waals surface area (Å²) >= 11 is 0. The maximum absolute atomic E-state index is 14.6. The molecule has 1 saturated carbocycles. The molecule has 242 valence electrons. The van der Waals surface area contributed by atoms with Gasteiger partial charge in [0.1, 0.15) is 23.7 Å². The van der Waals surface area contributed by atoms with E-state index in [4.69, 9.17) is 0 Å². The highest BCUT2D eigenvalue weighted by Gasteiger charge is 2.40. The minimum absolute atomic E-state index is 0.0602. The van der Waals surface area contributed by atoms with Gasteiger partial charge in [-0.2, -0.15) is 0 Å². The molecule has 9 nitrogen and oxygen atoms in total. The summed E-state index contributed by atoms with van der Waals surface area (Å²) in [5, 5.41) is 6.09. The van der Waals surface area contributed by atoms with E-state index in [2.05, 4.69) is 56.7 Å². The van der Waals surface area contributed by atoms with Crippen molar-refractivity contribution in [3.8, 4) is 0 Å². The Balaban J connectivity index is 1.10. The Morgan fingerprint density at radius 3 is 2.59 bits per heavy atom. The number of benzene rings is 2. The number of halogens is 2. The second kappa shape index (κ2) is 13.5. The lowest BCUT2D eigenvalue weighted by molar-refractivity contribution is -0.138. The highest BCUT2D eigenvalue weighted by Crippen LogP contribution is 2.33. The first-order valence-electron chi connectivity index (χ1n) is 16.0. The molecule has 3 fully saturated rings. The van der Waals surface area contributed by atoms with Crippen molar-refractivity contribution in [1.82, 2.24) is 25.4 Å². The van der Waals surface area contributed by atoms with Crippen molar-refractivity contribution in [3.05, 3.63) is 77.2 Å². The zero-order valence-electron chi connectivity index (χ0n) is 26.2. The third-order valence-electron chi connectivity index (χ3n) is 9.09. The number of anilines is 1. The lowest BCUT2D eigenvalue weighted by atomic mass is 9.98. The van der Waals surface area contributed by atoms with Gasteiger partial charge < -0.3 is 25.3 Å². The molecule has 0 radical (unpaired) electrons. The zero-order valence-corrected chi connectivity index (χ0v) is 26.2. The van der Waals surface area contributed by atoms with E-state index in [1.165, 1.54) is 42.0 Å². The van der Waals surface area contributed by atoms with Gasteiger partial charge >= 0.3 is 0 Å². The van der Waals surface area contributed by atoms with Gasteiger partial charge in [-0.05, 0) is 80.3 Å². The quantitative estimate of drug-likeness (QED) is 0.370. The van der Waals surface area contributed by atoms with E-state index >= 15 is 0 Å². The summed E-state index contributed by atoms with van der Waals surface area (Å²) in [6.07, 6.45) is 5.28. The molecule has 1 aromatic heterocycles. The number of rotatable bonds is 9. The van der Waals surface area contributed by atoms with Crippen LogP contribution < -0.4 is 15.5 Å². The Morgan fingerprint density at radius 1 is 1.04 bits per heavy atom. The summed E-state index contributed by atoms with van der Waals surface area (Å²) in [6.45, 7) is 5.15. The number of amides is 3. The number of nitrogens with one attached hydrogen (secondary N) is 2. The summed E-state index contributed by atoms with van der Waals surface area (Å²) in [6, 6.07) is 12.0. The molecule has 2 aliphatic heterocycles. The van der Waals surface area contributed by atoms with Gasteiger partial charge in [-0.1, -0.05) is 24.3 Å². The van der Waals surface area contributed by atoms with Gasteiger partial charge in [0.2, 0.25) is 11.8 Å². The van der Waals surface area contributed by atoms with Crippen LogP contribution in [0.2, 0.25) is 0 Å². The molecule has 6 rings (SSSR count). The van der Waals surface area contributed by atoms with Crippen LogP contribution >= 0.6 is 0 Å². The van der Waals surface area contributed by atoms with E-state index < -0.39 is 42.3 Å². The van der Waals surface area contributed by atoms with E-state index in [9.17, 15) is 23.2 Å². The maximum Gasteiger partial charge on any atom is 0.270 e. The fourth-order valence-electron chi connectivity index (χ4n) is 6.16. The average Bonchev–Trinajstić information content (AvgIpc) is 3.80. The first-order valence-corrected chi connectivity index (χ1v) is 16.0. The Morgan fingerprint density at radius 2 is 1.83 bits per heavy atom. The van der Waals surface area contributed by atoms with Gasteiger partial charge in [0.25, 0.3) is 5.91 Å². The number of pyridine rings is 1. The van der Waals surface area contributed by atoms with Crippen LogP contribution in [0.1, 0.15) is 53.8 Å². The number of piperazine rings is 1. The molecule has 0 unspecified atom stereocenters. The van der Waals surface area contributed by atoms with Crippen LogP contribution in [0.4, 0.5) is 14.5 Å². The van der Waals surface area contributed by atoms with E-state index in [1.54, 1.807) is 6.07 Å². The van der Waals surface area contributed by atoms with Crippen molar-refractivity contribution in [2.75, 3.05) is 51.2 Å². The topological polar surface area (TPSA) is 97.9 Å². The molecule has 2 N–H and O–H groups in total. The molecule has 3 atom stereocenters. The van der Waals surface area contributed by atoms with Gasteiger partial charge in [-0.3, -0.25) is 14.4 Å². The predicted molar refractivity (Wildman–Crippen MR) is 174 cm³/mol. The number of allylic oxidation sites excluding steroid dienone is 1. The third kappa shape index (κ3) is 7.36. The Labute approximate surface area is 267 Å². The number of hydrogen-bond donors (Lipinski definition) is 2. The van der Waals surface area contributed by atoms with E-state index in [1.807, 2.05) is 13.0 Å². The molecule has 0 spiro atoms. The van der Waals surface area contributed by atoms with Crippen LogP contribution in [0.5, 0.6) is 0 Å². The van der Waals surface area contributed by atoms with Crippen LogP contribution in [0, 0.1) is 11.7 Å². The number of aromatic nitrogens is 1. The zero-order chi connectivity index (χ0) is 32.4. The standard InChI is InChI=1S/C35H40F2N6O3/c1-22(29-10-9-28(42-15-13-41(2)14-16-42)18-24(29)6-5-23-3-4-23)39-35(46)32-19-27(37)21-43(32)33(44)20-38-34(45)31-11-7-25-17-26(36)8-12-30(25)40-31/h5-12,17-18,22-23,27,32H,3-4,13-16,19-21H2,1-2H3,(H,38,45)(H,39,46)/b6-5+/t22-,27+,32-/m0/s1. The van der Waals surface area contributed by atoms with Crippen LogP contribution in [0.25, 0.3) is 17.0 Å². The van der Waals surface area contributed by atoms with Crippen LogP contribution in [0.15, 0.2) is 54.6 Å². The monoisotopic (exact) mass is 630 g/mol. The number of alkyl halides is 1. The lowest BCUT2D eigenvalue weighted by Crippen LogP contribution is -2.49. The summed E-state index contributed by atoms with van der Waals surface area (Å²) < 4.78 is 28.1. The summed E-state index contributed by atoms with van der Waals surface area (Å²) in [5.41, 5.74) is 3.63. The Kier molecular flexibility index (Phi) is 9.30. The summed E-state index contributed by atoms with van der Waals surface area (Å²) in [5.74, 6) is -1.42. The number of nitrogens with zero attached hydrogens (tertiary/aromatic N) is 4. The number of likely N-dealkylation sites (tertiary alicyclic amines) is 1. The normalized spacial score (nSPS) is 21.1. The maximum atomic E-state index is 14.6. The van der Waals surface area contributed by atoms with E-state index in [0.717, 1.165) is 43.0 Å². The van der Waals surface area contributed by atoms with Gasteiger partial charge in [-0.15, -0.1) is 0 Å². The highest BCUT2D eigenvalue weighted by atomic mass is 19.1. The van der Waals surface area contributed by atoms with Crippen molar-refractivity contribution in [2.24, 2.45) is 5.92 Å². The number of hydrogen-bond acceptors (Lipinski definition) is 6. The molecule has 0 bridgehead atoms.